The van der Waals surface area contributed by atoms with Gasteiger partial charge in [-0.3, -0.25) is 23.4 Å². The first-order chi connectivity index (χ1) is 25.1. The molecule has 0 rings (SSSR count). The summed E-state index contributed by atoms with van der Waals surface area (Å²) in [6.07, 6.45) is 33.0. The molecule has 12 heteroatoms. The molecule has 0 bridgehead atoms. The van der Waals surface area contributed by atoms with Crippen LogP contribution < -0.4 is 5.73 Å². The Morgan fingerprint density at radius 1 is 0.519 bits per heavy atom. The minimum Gasteiger partial charge on any atom is -0.480 e. The number of unbranched alkanes of at least 4 members (excludes halogenated alkanes) is 26. The average Bonchev–Trinajstić information content (AvgIpc) is 3.12. The predicted molar refractivity (Wildman–Crippen MR) is 208 cm³/mol. The van der Waals surface area contributed by atoms with Gasteiger partial charge in [0.05, 0.1) is 13.2 Å². The minimum absolute atomic E-state index is 0.169. The molecule has 0 saturated heterocycles. The lowest BCUT2D eigenvalue weighted by Crippen LogP contribution is -2.34. The van der Waals surface area contributed by atoms with Gasteiger partial charge in [0, 0.05) is 12.8 Å². The molecule has 0 saturated carbocycles. The SMILES string of the molecule is CCCCCCCCCCCCCCCCCC(=O)OC[C@H](COP(=O)(O)OC[C@H](N)C(=O)O)OC(=O)CCCCCCCCCCCCCCC. The molecular formula is C40H78NO10P. The van der Waals surface area contributed by atoms with Gasteiger partial charge in [0.1, 0.15) is 12.6 Å². The number of rotatable bonds is 40. The molecule has 0 radical (unpaired) electrons. The van der Waals surface area contributed by atoms with Gasteiger partial charge < -0.3 is 25.2 Å². The van der Waals surface area contributed by atoms with Crippen molar-refractivity contribution in [3.8, 4) is 0 Å². The second-order valence-electron chi connectivity index (χ2n) is 14.5. The van der Waals surface area contributed by atoms with Gasteiger partial charge in [-0.1, -0.05) is 181 Å². The molecule has 0 aromatic rings. The number of hydrogen-bond acceptors (Lipinski definition) is 9. The van der Waals surface area contributed by atoms with Crippen molar-refractivity contribution in [3.05, 3.63) is 0 Å². The van der Waals surface area contributed by atoms with Gasteiger partial charge >= 0.3 is 25.7 Å². The lowest BCUT2D eigenvalue weighted by molar-refractivity contribution is -0.161. The number of aliphatic carboxylic acids is 1. The van der Waals surface area contributed by atoms with E-state index >= 15 is 0 Å². The third-order valence-corrected chi connectivity index (χ3v) is 10.3. The van der Waals surface area contributed by atoms with Gasteiger partial charge in [-0.15, -0.1) is 0 Å². The molecule has 3 atom stereocenters. The number of phosphoric ester groups is 1. The summed E-state index contributed by atoms with van der Waals surface area (Å²) in [5.74, 6) is -2.36. The van der Waals surface area contributed by atoms with Crippen LogP contribution in [0.1, 0.15) is 206 Å². The van der Waals surface area contributed by atoms with Crippen molar-refractivity contribution in [2.75, 3.05) is 19.8 Å². The molecule has 0 aliphatic carbocycles. The Hall–Kier alpha value is -1.52. The van der Waals surface area contributed by atoms with E-state index in [4.69, 9.17) is 24.8 Å². The molecule has 4 N–H and O–H groups in total. The van der Waals surface area contributed by atoms with Crippen LogP contribution in [-0.2, 0) is 37.5 Å². The number of hydrogen-bond donors (Lipinski definition) is 3. The third kappa shape index (κ3) is 35.5. The number of carbonyl (C=O) groups is 3. The van der Waals surface area contributed by atoms with Crippen LogP contribution in [-0.4, -0.2) is 59.9 Å². The van der Waals surface area contributed by atoms with Crippen molar-refractivity contribution in [2.45, 2.75) is 219 Å². The van der Waals surface area contributed by atoms with Crippen molar-refractivity contribution in [3.63, 3.8) is 0 Å². The number of esters is 2. The fraction of sp³-hybridized carbons (Fsp3) is 0.925. The van der Waals surface area contributed by atoms with E-state index in [0.29, 0.717) is 12.8 Å². The highest BCUT2D eigenvalue weighted by molar-refractivity contribution is 7.47. The molecule has 0 aliphatic heterocycles. The van der Waals surface area contributed by atoms with Crippen LogP contribution in [0, 0.1) is 0 Å². The molecule has 0 fully saturated rings. The third-order valence-electron chi connectivity index (χ3n) is 9.36. The molecule has 0 aromatic carbocycles. The number of carboxylic acids is 1. The predicted octanol–water partition coefficient (Wildman–Crippen LogP) is 10.7. The van der Waals surface area contributed by atoms with Crippen molar-refractivity contribution in [1.29, 1.82) is 0 Å². The largest absolute Gasteiger partial charge is 0.480 e. The van der Waals surface area contributed by atoms with Gasteiger partial charge in [-0.05, 0) is 12.8 Å². The number of carboxylic acid groups (broad SMARTS) is 1. The zero-order valence-electron chi connectivity index (χ0n) is 33.2. The number of nitrogens with two attached hydrogens (primary N) is 1. The first kappa shape index (κ1) is 50.5. The summed E-state index contributed by atoms with van der Waals surface area (Å²) in [6, 6.07) is -1.52. The van der Waals surface area contributed by atoms with Gasteiger partial charge in [0.2, 0.25) is 0 Å². The van der Waals surface area contributed by atoms with Crippen LogP contribution >= 0.6 is 7.82 Å². The van der Waals surface area contributed by atoms with Gasteiger partial charge in [0.15, 0.2) is 6.10 Å². The molecule has 1 unspecified atom stereocenters. The van der Waals surface area contributed by atoms with E-state index in [1.807, 2.05) is 0 Å². The lowest BCUT2D eigenvalue weighted by atomic mass is 10.0. The first-order valence-corrected chi connectivity index (χ1v) is 22.6. The Morgan fingerprint density at radius 3 is 1.21 bits per heavy atom. The molecule has 0 spiro atoms. The van der Waals surface area contributed by atoms with E-state index in [2.05, 4.69) is 18.4 Å². The van der Waals surface area contributed by atoms with E-state index in [0.717, 1.165) is 38.5 Å². The number of carbonyl (C=O) groups excluding carboxylic acids is 2. The summed E-state index contributed by atoms with van der Waals surface area (Å²) in [6.45, 7) is 2.82. The summed E-state index contributed by atoms with van der Waals surface area (Å²) in [5, 5.41) is 8.87. The van der Waals surface area contributed by atoms with E-state index < -0.39 is 51.1 Å². The summed E-state index contributed by atoms with van der Waals surface area (Å²) in [5.41, 5.74) is 5.32. The highest BCUT2D eigenvalue weighted by Gasteiger charge is 2.28. The van der Waals surface area contributed by atoms with Crippen molar-refractivity contribution in [2.24, 2.45) is 5.73 Å². The zero-order chi connectivity index (χ0) is 38.5. The maximum atomic E-state index is 12.6. The first-order valence-electron chi connectivity index (χ1n) is 21.1. The summed E-state index contributed by atoms with van der Waals surface area (Å²) >= 11 is 0. The van der Waals surface area contributed by atoms with Crippen molar-refractivity contribution >= 4 is 25.7 Å². The van der Waals surface area contributed by atoms with E-state index in [9.17, 15) is 23.8 Å². The molecule has 0 aliphatic rings. The number of phosphoric acid groups is 1. The molecule has 0 aromatic heterocycles. The Morgan fingerprint density at radius 2 is 0.846 bits per heavy atom. The molecule has 0 amide bonds. The van der Waals surface area contributed by atoms with E-state index in [1.54, 1.807) is 0 Å². The Balaban J connectivity index is 4.34. The molecule has 308 valence electrons. The van der Waals surface area contributed by atoms with Crippen LogP contribution in [0.2, 0.25) is 0 Å². The Kier molecular flexibility index (Phi) is 35.4. The van der Waals surface area contributed by atoms with Gasteiger partial charge in [0.25, 0.3) is 0 Å². The number of ether oxygens (including phenoxy) is 2. The van der Waals surface area contributed by atoms with Gasteiger partial charge in [-0.2, -0.15) is 0 Å². The molecule has 0 heterocycles. The maximum Gasteiger partial charge on any atom is 0.472 e. The Bertz CT molecular complexity index is 906. The fourth-order valence-corrected chi connectivity index (χ4v) is 6.79. The van der Waals surface area contributed by atoms with E-state index in [-0.39, 0.29) is 19.4 Å². The molecule has 52 heavy (non-hydrogen) atoms. The fourth-order valence-electron chi connectivity index (χ4n) is 6.01. The van der Waals surface area contributed by atoms with Crippen molar-refractivity contribution in [1.82, 2.24) is 0 Å². The summed E-state index contributed by atoms with van der Waals surface area (Å²) < 4.78 is 32.6. The van der Waals surface area contributed by atoms with Crippen LogP contribution in [0.5, 0.6) is 0 Å². The monoisotopic (exact) mass is 764 g/mol. The minimum atomic E-state index is -4.70. The van der Waals surface area contributed by atoms with Crippen molar-refractivity contribution < 1.29 is 47.5 Å². The summed E-state index contributed by atoms with van der Waals surface area (Å²) in [7, 11) is -4.70. The summed E-state index contributed by atoms with van der Waals surface area (Å²) in [4.78, 5) is 45.8. The quantitative estimate of drug-likeness (QED) is 0.0308. The second-order valence-corrected chi connectivity index (χ2v) is 15.9. The standard InChI is InChI=1S/C40H78NO10P/c1-3-5-7-9-11-13-15-17-18-20-21-23-25-27-29-31-38(42)48-33-36(34-49-52(46,47)50-35-37(41)40(44)45)51-39(43)32-30-28-26-24-22-19-16-14-12-10-8-6-4-2/h36-37H,3-35,41H2,1-2H3,(H,44,45)(H,46,47)/t36-,37+/m1/s1. The van der Waals surface area contributed by atoms with Crippen LogP contribution in [0.25, 0.3) is 0 Å². The van der Waals surface area contributed by atoms with Crippen LogP contribution in [0.15, 0.2) is 0 Å². The topological polar surface area (TPSA) is 172 Å². The normalized spacial score (nSPS) is 13.8. The Labute approximate surface area is 316 Å². The highest BCUT2D eigenvalue weighted by atomic mass is 31.2. The van der Waals surface area contributed by atoms with Crippen LogP contribution in [0.3, 0.4) is 0 Å². The highest BCUT2D eigenvalue weighted by Crippen LogP contribution is 2.43. The maximum absolute atomic E-state index is 12.6. The van der Waals surface area contributed by atoms with Crippen LogP contribution in [0.4, 0.5) is 0 Å². The zero-order valence-corrected chi connectivity index (χ0v) is 34.1. The van der Waals surface area contributed by atoms with Gasteiger partial charge in [-0.25, -0.2) is 4.57 Å². The average molecular weight is 764 g/mol. The lowest BCUT2D eigenvalue weighted by Gasteiger charge is -2.20. The molecule has 11 nitrogen and oxygen atoms in total. The molecular weight excluding hydrogens is 685 g/mol. The second kappa shape index (κ2) is 36.5. The smallest absolute Gasteiger partial charge is 0.472 e. The van der Waals surface area contributed by atoms with E-state index in [1.165, 1.54) is 128 Å².